The lowest BCUT2D eigenvalue weighted by molar-refractivity contribution is -0.143. The van der Waals surface area contributed by atoms with Gasteiger partial charge in [-0.05, 0) is 12.3 Å². The van der Waals surface area contributed by atoms with Crippen molar-refractivity contribution in [3.63, 3.8) is 0 Å². The lowest BCUT2D eigenvalue weighted by Gasteiger charge is -2.21. The molecule has 0 aromatic carbocycles. The number of carbonyl (C=O) groups excluding carboxylic acids is 4. The summed E-state index contributed by atoms with van der Waals surface area (Å²) in [7, 11) is 0. The minimum Gasteiger partial charge on any atom is -0.480 e. The number of rotatable bonds is 13. The monoisotopic (exact) mass is 439 g/mol. The number of hydrogen-bond acceptors (Lipinski definition) is 7. The number of aliphatic carboxylic acids is 1. The van der Waals surface area contributed by atoms with E-state index < -0.39 is 60.7 Å². The quantitative estimate of drug-likeness (QED) is 0.172. The number of amides is 4. The maximum atomic E-state index is 12.6. The molecule has 31 heavy (non-hydrogen) atoms. The SMILES string of the molecule is CC(C)CC(N)C(=O)NCC(=O)NC(Cc1cnc[nH]1)C(=O)NC(CC(N)=O)C(=O)O. The van der Waals surface area contributed by atoms with E-state index in [0.29, 0.717) is 12.1 Å². The van der Waals surface area contributed by atoms with Crippen LogP contribution in [0, 0.1) is 5.92 Å². The van der Waals surface area contributed by atoms with E-state index in [0.717, 1.165) is 0 Å². The second-order valence-electron chi connectivity index (χ2n) is 7.42. The highest BCUT2D eigenvalue weighted by atomic mass is 16.4. The first-order chi connectivity index (χ1) is 14.5. The van der Waals surface area contributed by atoms with Gasteiger partial charge < -0.3 is 37.5 Å². The summed E-state index contributed by atoms with van der Waals surface area (Å²) in [5.41, 5.74) is 11.3. The summed E-state index contributed by atoms with van der Waals surface area (Å²) in [4.78, 5) is 65.7. The summed E-state index contributed by atoms with van der Waals surface area (Å²) in [5, 5.41) is 16.2. The molecular weight excluding hydrogens is 410 g/mol. The van der Waals surface area contributed by atoms with Crippen molar-refractivity contribution >= 4 is 29.6 Å². The summed E-state index contributed by atoms with van der Waals surface area (Å²) >= 11 is 0. The molecule has 0 aliphatic heterocycles. The summed E-state index contributed by atoms with van der Waals surface area (Å²) in [6.07, 6.45) is 2.58. The molecule has 13 nitrogen and oxygen atoms in total. The fourth-order valence-electron chi connectivity index (χ4n) is 2.66. The predicted molar refractivity (Wildman–Crippen MR) is 108 cm³/mol. The van der Waals surface area contributed by atoms with Gasteiger partial charge in [0.1, 0.15) is 12.1 Å². The zero-order valence-corrected chi connectivity index (χ0v) is 17.4. The van der Waals surface area contributed by atoms with E-state index in [1.807, 2.05) is 13.8 Å². The molecule has 1 rings (SSSR count). The Morgan fingerprint density at radius 2 is 1.81 bits per heavy atom. The van der Waals surface area contributed by atoms with Crippen LogP contribution in [0.15, 0.2) is 12.5 Å². The molecule has 0 aliphatic carbocycles. The van der Waals surface area contributed by atoms with Crippen molar-refractivity contribution in [3.8, 4) is 0 Å². The maximum Gasteiger partial charge on any atom is 0.326 e. The van der Waals surface area contributed by atoms with Crippen molar-refractivity contribution in [1.82, 2.24) is 25.9 Å². The molecule has 172 valence electrons. The number of primary amides is 1. The number of aromatic amines is 1. The Balaban J connectivity index is 2.77. The molecule has 0 aliphatic rings. The number of nitrogens with zero attached hydrogens (tertiary/aromatic N) is 1. The number of nitrogens with two attached hydrogens (primary N) is 2. The first kappa shape index (κ1) is 25.6. The standard InChI is InChI=1S/C18H29N7O6/c1-9(2)3-11(19)16(28)22-7-15(27)24-12(4-10-6-21-8-23-10)17(29)25-13(18(30)31)5-14(20)26/h6,8-9,11-13H,3-5,7,19H2,1-2H3,(H2,20,26)(H,21,23)(H,22,28)(H,24,27)(H,25,29)(H,30,31). The number of carboxylic acid groups (broad SMARTS) is 1. The van der Waals surface area contributed by atoms with Gasteiger partial charge in [0.2, 0.25) is 23.6 Å². The molecule has 9 N–H and O–H groups in total. The molecule has 0 saturated carbocycles. The molecule has 1 aromatic heterocycles. The molecule has 4 amide bonds. The smallest absolute Gasteiger partial charge is 0.326 e. The summed E-state index contributed by atoms with van der Waals surface area (Å²) in [5.74, 6) is -4.22. The first-order valence-electron chi connectivity index (χ1n) is 9.61. The van der Waals surface area contributed by atoms with Crippen LogP contribution < -0.4 is 27.4 Å². The molecule has 1 heterocycles. The number of hydrogen-bond donors (Lipinski definition) is 7. The molecule has 0 radical (unpaired) electrons. The largest absolute Gasteiger partial charge is 0.480 e. The fourth-order valence-corrected chi connectivity index (χ4v) is 2.66. The molecule has 3 atom stereocenters. The van der Waals surface area contributed by atoms with Crippen molar-refractivity contribution in [3.05, 3.63) is 18.2 Å². The van der Waals surface area contributed by atoms with Crippen LogP contribution in [-0.4, -0.2) is 69.3 Å². The lowest BCUT2D eigenvalue weighted by atomic mass is 10.0. The van der Waals surface area contributed by atoms with Crippen molar-refractivity contribution in [2.75, 3.05) is 6.54 Å². The number of nitrogens with one attached hydrogen (secondary N) is 4. The van der Waals surface area contributed by atoms with Gasteiger partial charge in [0.15, 0.2) is 0 Å². The van der Waals surface area contributed by atoms with E-state index in [-0.39, 0.29) is 12.3 Å². The molecule has 0 saturated heterocycles. The number of H-pyrrole nitrogens is 1. The average Bonchev–Trinajstić information content (AvgIpc) is 3.17. The van der Waals surface area contributed by atoms with Crippen molar-refractivity contribution in [2.45, 2.75) is 51.2 Å². The molecule has 13 heteroatoms. The highest BCUT2D eigenvalue weighted by Gasteiger charge is 2.28. The number of imidazole rings is 1. The topological polar surface area (TPSA) is 222 Å². The molecule has 3 unspecified atom stereocenters. The number of carbonyl (C=O) groups is 5. The van der Waals surface area contributed by atoms with Crippen molar-refractivity contribution in [2.24, 2.45) is 17.4 Å². The molecule has 0 fully saturated rings. The Morgan fingerprint density at radius 1 is 1.13 bits per heavy atom. The second kappa shape index (κ2) is 12.3. The van der Waals surface area contributed by atoms with E-state index in [9.17, 15) is 24.0 Å². The Kier molecular flexibility index (Phi) is 10.1. The Bertz CT molecular complexity index is 780. The zero-order valence-electron chi connectivity index (χ0n) is 17.4. The van der Waals surface area contributed by atoms with Gasteiger partial charge >= 0.3 is 5.97 Å². The van der Waals surface area contributed by atoms with Crippen LogP contribution in [0.5, 0.6) is 0 Å². The Labute approximate surface area is 178 Å². The average molecular weight is 439 g/mol. The van der Waals surface area contributed by atoms with Crippen LogP contribution >= 0.6 is 0 Å². The highest BCUT2D eigenvalue weighted by molar-refractivity contribution is 5.93. The van der Waals surface area contributed by atoms with Gasteiger partial charge in [-0.25, -0.2) is 9.78 Å². The normalized spacial score (nSPS) is 13.7. The van der Waals surface area contributed by atoms with Crippen LogP contribution in [0.4, 0.5) is 0 Å². The maximum absolute atomic E-state index is 12.6. The van der Waals surface area contributed by atoms with E-state index in [4.69, 9.17) is 16.6 Å². The van der Waals surface area contributed by atoms with Crippen molar-refractivity contribution in [1.29, 1.82) is 0 Å². The van der Waals surface area contributed by atoms with Gasteiger partial charge in [-0.3, -0.25) is 19.2 Å². The first-order valence-corrected chi connectivity index (χ1v) is 9.61. The van der Waals surface area contributed by atoms with Gasteiger partial charge in [0, 0.05) is 18.3 Å². The van der Waals surface area contributed by atoms with E-state index in [1.165, 1.54) is 12.5 Å². The van der Waals surface area contributed by atoms with Gasteiger partial charge in [-0.15, -0.1) is 0 Å². The third-order valence-corrected chi connectivity index (χ3v) is 4.14. The molecular formula is C18H29N7O6. The van der Waals surface area contributed by atoms with Gasteiger partial charge in [0.05, 0.1) is 25.3 Å². The van der Waals surface area contributed by atoms with E-state index >= 15 is 0 Å². The number of aromatic nitrogens is 2. The minimum atomic E-state index is -1.56. The lowest BCUT2D eigenvalue weighted by Crippen LogP contribution is -2.55. The molecule has 0 bridgehead atoms. The molecule has 1 aromatic rings. The van der Waals surface area contributed by atoms with E-state index in [2.05, 4.69) is 25.9 Å². The van der Waals surface area contributed by atoms with Gasteiger partial charge in [0.25, 0.3) is 0 Å². The van der Waals surface area contributed by atoms with Gasteiger partial charge in [-0.2, -0.15) is 0 Å². The van der Waals surface area contributed by atoms with Gasteiger partial charge in [-0.1, -0.05) is 13.8 Å². The van der Waals surface area contributed by atoms with E-state index in [1.54, 1.807) is 0 Å². The zero-order chi connectivity index (χ0) is 23.6. The Morgan fingerprint density at radius 3 is 2.32 bits per heavy atom. The van der Waals surface area contributed by atoms with Crippen molar-refractivity contribution < 1.29 is 29.1 Å². The Hall–Kier alpha value is -3.48. The molecule has 0 spiro atoms. The van der Waals surface area contributed by atoms with Crippen LogP contribution in [0.25, 0.3) is 0 Å². The van der Waals surface area contributed by atoms with Crippen LogP contribution in [0.1, 0.15) is 32.4 Å². The predicted octanol–water partition coefficient (Wildman–Crippen LogP) is -2.63. The highest BCUT2D eigenvalue weighted by Crippen LogP contribution is 2.03. The second-order valence-corrected chi connectivity index (χ2v) is 7.42. The van der Waals surface area contributed by atoms with Crippen LogP contribution in [-0.2, 0) is 30.4 Å². The van der Waals surface area contributed by atoms with Crippen LogP contribution in [0.3, 0.4) is 0 Å². The van der Waals surface area contributed by atoms with Crippen LogP contribution in [0.2, 0.25) is 0 Å². The fraction of sp³-hybridized carbons (Fsp3) is 0.556. The summed E-state index contributed by atoms with van der Waals surface area (Å²) in [6.45, 7) is 3.38. The summed E-state index contributed by atoms with van der Waals surface area (Å²) < 4.78 is 0. The third-order valence-electron chi connectivity index (χ3n) is 4.14. The number of carboxylic acids is 1. The minimum absolute atomic E-state index is 0.0404. The third kappa shape index (κ3) is 9.71. The summed E-state index contributed by atoms with van der Waals surface area (Å²) in [6, 6.07) is -3.54.